The van der Waals surface area contributed by atoms with Gasteiger partial charge in [-0.2, -0.15) is 0 Å². The van der Waals surface area contributed by atoms with Crippen molar-refractivity contribution in [2.45, 2.75) is 19.9 Å². The summed E-state index contributed by atoms with van der Waals surface area (Å²) in [5.74, 6) is 0.918. The van der Waals surface area contributed by atoms with E-state index in [1.54, 1.807) is 4.90 Å². The van der Waals surface area contributed by atoms with Crippen LogP contribution >= 0.6 is 15.9 Å². The molecule has 2 heterocycles. The molecule has 2 aromatic carbocycles. The molecule has 1 unspecified atom stereocenters. The summed E-state index contributed by atoms with van der Waals surface area (Å²) in [6, 6.07) is 11.3. The fourth-order valence-corrected chi connectivity index (χ4v) is 3.57. The Morgan fingerprint density at radius 3 is 2.85 bits per heavy atom. The van der Waals surface area contributed by atoms with E-state index in [0.29, 0.717) is 24.6 Å². The summed E-state index contributed by atoms with van der Waals surface area (Å²) < 4.78 is 11.7. The number of nitrogens with one attached hydrogen (secondary N) is 1. The number of nitrogens with zero attached hydrogens (tertiary/aromatic N) is 1. The molecule has 1 fully saturated rings. The normalized spacial score (nSPS) is 18.1. The van der Waals surface area contributed by atoms with Crippen molar-refractivity contribution >= 4 is 33.4 Å². The summed E-state index contributed by atoms with van der Waals surface area (Å²) >= 11 is 3.45. The molecule has 27 heavy (non-hydrogen) atoms. The zero-order valence-electron chi connectivity index (χ0n) is 14.8. The summed E-state index contributed by atoms with van der Waals surface area (Å²) in [5, 5.41) is 2.92. The molecule has 140 valence electrons. The SMILES string of the molecule is Cc1cc(NC(=O)C2CC(=O)N(Cc3ccc4c(c3)OCO4)C2)ccc1Br. The predicted octanol–water partition coefficient (Wildman–Crippen LogP) is 3.47. The highest BCUT2D eigenvalue weighted by molar-refractivity contribution is 9.10. The van der Waals surface area contributed by atoms with E-state index in [2.05, 4.69) is 21.2 Å². The van der Waals surface area contributed by atoms with Gasteiger partial charge in [0.05, 0.1) is 5.92 Å². The van der Waals surface area contributed by atoms with Gasteiger partial charge in [0.2, 0.25) is 18.6 Å². The zero-order chi connectivity index (χ0) is 19.0. The van der Waals surface area contributed by atoms with E-state index in [-0.39, 0.29) is 30.9 Å². The number of rotatable bonds is 4. The fourth-order valence-electron chi connectivity index (χ4n) is 3.33. The molecule has 2 amide bonds. The number of fused-ring (bicyclic) bond motifs is 1. The Bertz CT molecular complexity index is 915. The first-order chi connectivity index (χ1) is 13.0. The molecule has 0 radical (unpaired) electrons. The van der Waals surface area contributed by atoms with Crippen LogP contribution in [0.2, 0.25) is 0 Å². The molecule has 1 atom stereocenters. The summed E-state index contributed by atoms with van der Waals surface area (Å²) in [6.45, 7) is 3.05. The van der Waals surface area contributed by atoms with E-state index in [1.165, 1.54) is 0 Å². The number of amides is 2. The highest BCUT2D eigenvalue weighted by Crippen LogP contribution is 2.33. The topological polar surface area (TPSA) is 67.9 Å². The Balaban J connectivity index is 1.39. The van der Waals surface area contributed by atoms with E-state index < -0.39 is 0 Å². The van der Waals surface area contributed by atoms with Crippen molar-refractivity contribution in [1.82, 2.24) is 4.90 Å². The number of carbonyl (C=O) groups excluding carboxylic acids is 2. The first-order valence-electron chi connectivity index (χ1n) is 8.73. The number of carbonyl (C=O) groups is 2. The van der Waals surface area contributed by atoms with Gasteiger partial charge in [-0.25, -0.2) is 0 Å². The smallest absolute Gasteiger partial charge is 0.231 e. The molecule has 0 aromatic heterocycles. The lowest BCUT2D eigenvalue weighted by molar-refractivity contribution is -0.128. The Morgan fingerprint density at radius 1 is 1.22 bits per heavy atom. The molecule has 0 spiro atoms. The van der Waals surface area contributed by atoms with Gasteiger partial charge in [0.15, 0.2) is 11.5 Å². The second-order valence-corrected chi connectivity index (χ2v) is 7.67. The Kier molecular flexibility index (Phi) is 4.78. The van der Waals surface area contributed by atoms with Gasteiger partial charge in [0.25, 0.3) is 0 Å². The molecule has 4 rings (SSSR count). The van der Waals surface area contributed by atoms with Crippen LogP contribution in [0.4, 0.5) is 5.69 Å². The predicted molar refractivity (Wildman–Crippen MR) is 104 cm³/mol. The molecule has 0 saturated carbocycles. The molecule has 0 bridgehead atoms. The first kappa shape index (κ1) is 17.9. The van der Waals surface area contributed by atoms with Crippen LogP contribution in [0.1, 0.15) is 17.5 Å². The number of aryl methyl sites for hydroxylation is 1. The molecule has 6 nitrogen and oxygen atoms in total. The summed E-state index contributed by atoms with van der Waals surface area (Å²) in [6.07, 6.45) is 0.228. The van der Waals surface area contributed by atoms with Crippen molar-refractivity contribution in [3.63, 3.8) is 0 Å². The standard InChI is InChI=1S/C20H19BrN2O4/c1-12-6-15(3-4-16(12)21)22-20(25)14-8-19(24)23(10-14)9-13-2-5-17-18(7-13)27-11-26-17/h2-7,14H,8-11H2,1H3,(H,22,25). The van der Waals surface area contributed by atoms with Gasteiger partial charge in [-0.15, -0.1) is 0 Å². The molecule has 2 aliphatic rings. The van der Waals surface area contributed by atoms with Crippen LogP contribution in [0.15, 0.2) is 40.9 Å². The average Bonchev–Trinajstić information content (AvgIpc) is 3.25. The van der Waals surface area contributed by atoms with E-state index in [1.807, 2.05) is 43.3 Å². The molecule has 7 heteroatoms. The highest BCUT2D eigenvalue weighted by Gasteiger charge is 2.34. The monoisotopic (exact) mass is 430 g/mol. The number of anilines is 1. The van der Waals surface area contributed by atoms with Crippen LogP contribution in [0.5, 0.6) is 11.5 Å². The number of hydrogen-bond acceptors (Lipinski definition) is 4. The maximum Gasteiger partial charge on any atom is 0.231 e. The molecule has 0 aliphatic carbocycles. The zero-order valence-corrected chi connectivity index (χ0v) is 16.4. The molecule has 2 aliphatic heterocycles. The molecular formula is C20H19BrN2O4. The molecule has 2 aromatic rings. The van der Waals surface area contributed by atoms with Gasteiger partial charge in [0, 0.05) is 29.7 Å². The summed E-state index contributed by atoms with van der Waals surface area (Å²) in [7, 11) is 0. The van der Waals surface area contributed by atoms with Crippen molar-refractivity contribution in [2.24, 2.45) is 5.92 Å². The Labute approximate surface area is 165 Å². The van der Waals surface area contributed by atoms with Crippen molar-refractivity contribution in [3.05, 3.63) is 52.0 Å². The number of ether oxygens (including phenoxy) is 2. The lowest BCUT2D eigenvalue weighted by Crippen LogP contribution is -2.28. The van der Waals surface area contributed by atoms with Gasteiger partial charge in [-0.05, 0) is 48.4 Å². The average molecular weight is 431 g/mol. The Morgan fingerprint density at radius 2 is 2.04 bits per heavy atom. The van der Waals surface area contributed by atoms with E-state index >= 15 is 0 Å². The van der Waals surface area contributed by atoms with E-state index in [9.17, 15) is 9.59 Å². The van der Waals surface area contributed by atoms with Gasteiger partial charge in [-0.3, -0.25) is 9.59 Å². The second-order valence-electron chi connectivity index (χ2n) is 6.82. The van der Waals surface area contributed by atoms with Crippen molar-refractivity contribution < 1.29 is 19.1 Å². The van der Waals surface area contributed by atoms with Gasteiger partial charge < -0.3 is 19.7 Å². The van der Waals surface area contributed by atoms with Crippen LogP contribution in [-0.2, 0) is 16.1 Å². The fraction of sp³-hybridized carbons (Fsp3) is 0.300. The highest BCUT2D eigenvalue weighted by atomic mass is 79.9. The van der Waals surface area contributed by atoms with Crippen molar-refractivity contribution in [3.8, 4) is 11.5 Å². The summed E-state index contributed by atoms with van der Waals surface area (Å²) in [5.41, 5.74) is 2.74. The van der Waals surface area contributed by atoms with Gasteiger partial charge >= 0.3 is 0 Å². The van der Waals surface area contributed by atoms with Crippen LogP contribution in [0.3, 0.4) is 0 Å². The number of hydrogen-bond donors (Lipinski definition) is 1. The molecular weight excluding hydrogens is 412 g/mol. The third-order valence-electron chi connectivity index (χ3n) is 4.82. The van der Waals surface area contributed by atoms with Gasteiger partial charge in [-0.1, -0.05) is 22.0 Å². The van der Waals surface area contributed by atoms with Crippen molar-refractivity contribution in [1.29, 1.82) is 0 Å². The third kappa shape index (κ3) is 3.78. The quantitative estimate of drug-likeness (QED) is 0.805. The van der Waals surface area contributed by atoms with Crippen LogP contribution in [-0.4, -0.2) is 30.1 Å². The second kappa shape index (κ2) is 7.23. The van der Waals surface area contributed by atoms with Crippen LogP contribution < -0.4 is 14.8 Å². The lowest BCUT2D eigenvalue weighted by Gasteiger charge is -2.17. The minimum absolute atomic E-state index is 0.0141. The van der Waals surface area contributed by atoms with Gasteiger partial charge in [0.1, 0.15) is 0 Å². The number of benzene rings is 2. The Hall–Kier alpha value is -2.54. The maximum absolute atomic E-state index is 12.6. The third-order valence-corrected chi connectivity index (χ3v) is 5.71. The van der Waals surface area contributed by atoms with Crippen molar-refractivity contribution in [2.75, 3.05) is 18.7 Å². The number of likely N-dealkylation sites (tertiary alicyclic amines) is 1. The maximum atomic E-state index is 12.6. The molecule has 1 saturated heterocycles. The minimum atomic E-state index is -0.351. The molecule has 1 N–H and O–H groups in total. The largest absolute Gasteiger partial charge is 0.454 e. The first-order valence-corrected chi connectivity index (χ1v) is 9.52. The van der Waals surface area contributed by atoms with E-state index in [4.69, 9.17) is 9.47 Å². The van der Waals surface area contributed by atoms with E-state index in [0.717, 1.165) is 21.3 Å². The van der Waals surface area contributed by atoms with Crippen LogP contribution in [0.25, 0.3) is 0 Å². The number of halogens is 1. The van der Waals surface area contributed by atoms with Crippen LogP contribution in [0, 0.1) is 12.8 Å². The minimum Gasteiger partial charge on any atom is -0.454 e. The summed E-state index contributed by atoms with van der Waals surface area (Å²) in [4.78, 5) is 26.6. The lowest BCUT2D eigenvalue weighted by atomic mass is 10.1.